The number of carbonyl (C=O) groups excluding carboxylic acids is 2. The first-order valence-corrected chi connectivity index (χ1v) is 9.03. The summed E-state index contributed by atoms with van der Waals surface area (Å²) in [6.45, 7) is 0.480. The Morgan fingerprint density at radius 1 is 1.19 bits per heavy atom. The molecule has 0 fully saturated rings. The van der Waals surface area contributed by atoms with Crippen molar-refractivity contribution in [1.29, 1.82) is 0 Å². The SMILES string of the molecule is COc1ccc(Cl)c2c1N(C(=O)COc1ccc(CC(N)=O)cc1)CCC2. The maximum absolute atomic E-state index is 12.8. The minimum Gasteiger partial charge on any atom is -0.495 e. The lowest BCUT2D eigenvalue weighted by Crippen LogP contribution is -2.39. The summed E-state index contributed by atoms with van der Waals surface area (Å²) in [7, 11) is 1.57. The van der Waals surface area contributed by atoms with Crippen molar-refractivity contribution in [2.24, 2.45) is 5.73 Å². The molecular weight excluding hydrogens is 368 g/mol. The lowest BCUT2D eigenvalue weighted by atomic mass is 10.0. The van der Waals surface area contributed by atoms with Gasteiger partial charge in [0, 0.05) is 11.6 Å². The number of hydrogen-bond donors (Lipinski definition) is 1. The van der Waals surface area contributed by atoms with Gasteiger partial charge in [0.05, 0.1) is 19.2 Å². The molecule has 2 aromatic carbocycles. The summed E-state index contributed by atoms with van der Waals surface area (Å²) in [5.41, 5.74) is 7.62. The molecule has 0 saturated heterocycles. The number of primary amides is 1. The maximum Gasteiger partial charge on any atom is 0.265 e. The van der Waals surface area contributed by atoms with Crippen molar-refractivity contribution in [3.05, 3.63) is 52.5 Å². The smallest absolute Gasteiger partial charge is 0.265 e. The minimum absolute atomic E-state index is 0.107. The van der Waals surface area contributed by atoms with Gasteiger partial charge < -0.3 is 20.1 Å². The number of halogens is 1. The standard InChI is InChI=1S/C20H21ClN2O4/c1-26-17-9-8-16(21)15-3-2-10-23(20(15)17)19(25)12-27-14-6-4-13(5-7-14)11-18(22)24/h4-9H,2-3,10-12H2,1H3,(H2,22,24). The molecule has 1 heterocycles. The molecule has 6 nitrogen and oxygen atoms in total. The fourth-order valence-electron chi connectivity index (χ4n) is 3.19. The molecule has 0 unspecified atom stereocenters. The Labute approximate surface area is 162 Å². The van der Waals surface area contributed by atoms with Gasteiger partial charge in [-0.05, 0) is 48.2 Å². The van der Waals surface area contributed by atoms with Crippen LogP contribution < -0.4 is 20.1 Å². The van der Waals surface area contributed by atoms with Crippen LogP contribution in [0.25, 0.3) is 0 Å². The van der Waals surface area contributed by atoms with Gasteiger partial charge in [0.2, 0.25) is 5.91 Å². The Balaban J connectivity index is 1.71. The van der Waals surface area contributed by atoms with Gasteiger partial charge in [-0.25, -0.2) is 0 Å². The van der Waals surface area contributed by atoms with E-state index in [1.54, 1.807) is 48.4 Å². The average Bonchev–Trinajstić information content (AvgIpc) is 2.67. The molecule has 0 aliphatic carbocycles. The number of hydrogen-bond acceptors (Lipinski definition) is 4. The number of nitrogens with two attached hydrogens (primary N) is 1. The highest BCUT2D eigenvalue weighted by Gasteiger charge is 2.27. The predicted octanol–water partition coefficient (Wildman–Crippen LogP) is 2.73. The minimum atomic E-state index is -0.393. The zero-order valence-corrected chi connectivity index (χ0v) is 15.8. The first-order valence-electron chi connectivity index (χ1n) is 8.65. The van der Waals surface area contributed by atoms with Crippen molar-refractivity contribution >= 4 is 29.1 Å². The Bertz CT molecular complexity index is 852. The van der Waals surface area contributed by atoms with E-state index in [0.29, 0.717) is 23.1 Å². The topological polar surface area (TPSA) is 81.9 Å². The summed E-state index contributed by atoms with van der Waals surface area (Å²) in [5, 5.41) is 0.634. The van der Waals surface area contributed by atoms with Crippen molar-refractivity contribution in [1.82, 2.24) is 0 Å². The zero-order chi connectivity index (χ0) is 19.4. The predicted molar refractivity (Wildman–Crippen MR) is 104 cm³/mol. The van der Waals surface area contributed by atoms with Crippen LogP contribution in [0.2, 0.25) is 5.02 Å². The first kappa shape index (κ1) is 19.0. The molecule has 0 atom stereocenters. The molecule has 7 heteroatoms. The van der Waals surface area contributed by atoms with E-state index in [9.17, 15) is 9.59 Å². The normalized spacial score (nSPS) is 13.0. The van der Waals surface area contributed by atoms with E-state index < -0.39 is 5.91 Å². The Hall–Kier alpha value is -2.73. The van der Waals surface area contributed by atoms with Gasteiger partial charge in [-0.1, -0.05) is 23.7 Å². The van der Waals surface area contributed by atoms with Crippen molar-refractivity contribution < 1.29 is 19.1 Å². The first-order chi connectivity index (χ1) is 13.0. The molecule has 0 radical (unpaired) electrons. The van der Waals surface area contributed by atoms with E-state index >= 15 is 0 Å². The quantitative estimate of drug-likeness (QED) is 0.824. The highest BCUT2D eigenvalue weighted by molar-refractivity contribution is 6.32. The van der Waals surface area contributed by atoms with Crippen LogP contribution in [0.4, 0.5) is 5.69 Å². The number of fused-ring (bicyclic) bond motifs is 1. The number of rotatable bonds is 6. The van der Waals surface area contributed by atoms with Crippen LogP contribution in [-0.4, -0.2) is 32.1 Å². The molecule has 1 aliphatic rings. The maximum atomic E-state index is 12.8. The summed E-state index contributed by atoms with van der Waals surface area (Å²) in [4.78, 5) is 25.4. The van der Waals surface area contributed by atoms with Crippen LogP contribution in [0.3, 0.4) is 0 Å². The van der Waals surface area contributed by atoms with E-state index in [1.807, 2.05) is 0 Å². The number of methoxy groups -OCH3 is 1. The molecular formula is C20H21ClN2O4. The van der Waals surface area contributed by atoms with E-state index in [4.69, 9.17) is 26.8 Å². The second kappa shape index (κ2) is 8.31. The van der Waals surface area contributed by atoms with Crippen LogP contribution in [0.15, 0.2) is 36.4 Å². The van der Waals surface area contributed by atoms with Crippen molar-refractivity contribution in [3.63, 3.8) is 0 Å². The molecule has 27 heavy (non-hydrogen) atoms. The third-order valence-corrected chi connectivity index (χ3v) is 4.81. The monoisotopic (exact) mass is 388 g/mol. The summed E-state index contributed by atoms with van der Waals surface area (Å²) >= 11 is 6.31. The van der Waals surface area contributed by atoms with E-state index in [1.165, 1.54) is 0 Å². The molecule has 0 saturated carbocycles. The number of carbonyl (C=O) groups is 2. The van der Waals surface area contributed by atoms with E-state index in [2.05, 4.69) is 0 Å². The number of ether oxygens (including phenoxy) is 2. The molecule has 0 aromatic heterocycles. The highest BCUT2D eigenvalue weighted by Crippen LogP contribution is 2.40. The van der Waals surface area contributed by atoms with Crippen LogP contribution in [0.1, 0.15) is 17.5 Å². The summed E-state index contributed by atoms with van der Waals surface area (Å²) in [5.74, 6) is 0.609. The molecule has 0 spiro atoms. The van der Waals surface area contributed by atoms with Gasteiger partial charge in [0.25, 0.3) is 5.91 Å². The van der Waals surface area contributed by atoms with Gasteiger partial charge >= 0.3 is 0 Å². The van der Waals surface area contributed by atoms with Crippen molar-refractivity contribution in [2.75, 3.05) is 25.2 Å². The molecule has 2 aromatic rings. The fraction of sp³-hybridized carbons (Fsp3) is 0.300. The third-order valence-electron chi connectivity index (χ3n) is 4.45. The highest BCUT2D eigenvalue weighted by atomic mass is 35.5. The number of amides is 2. The molecule has 1 aliphatic heterocycles. The second-order valence-electron chi connectivity index (χ2n) is 6.30. The van der Waals surface area contributed by atoms with Crippen LogP contribution in [0, 0.1) is 0 Å². The second-order valence-corrected chi connectivity index (χ2v) is 6.71. The van der Waals surface area contributed by atoms with Gasteiger partial charge in [-0.2, -0.15) is 0 Å². The molecule has 3 rings (SSSR count). The van der Waals surface area contributed by atoms with Crippen LogP contribution in [0.5, 0.6) is 11.5 Å². The summed E-state index contributed by atoms with van der Waals surface area (Å²) in [6, 6.07) is 10.5. The van der Waals surface area contributed by atoms with Gasteiger partial charge in [0.1, 0.15) is 11.5 Å². The molecule has 0 bridgehead atoms. The third kappa shape index (κ3) is 4.34. The van der Waals surface area contributed by atoms with Gasteiger partial charge in [-0.15, -0.1) is 0 Å². The van der Waals surface area contributed by atoms with E-state index in [-0.39, 0.29) is 18.9 Å². The molecule has 142 valence electrons. The lowest BCUT2D eigenvalue weighted by molar-refractivity contribution is -0.120. The van der Waals surface area contributed by atoms with Crippen LogP contribution >= 0.6 is 11.6 Å². The van der Waals surface area contributed by atoms with Gasteiger partial charge in [-0.3, -0.25) is 9.59 Å². The number of nitrogens with zero attached hydrogens (tertiary/aromatic N) is 1. The van der Waals surface area contributed by atoms with Crippen LogP contribution in [-0.2, 0) is 22.4 Å². The average molecular weight is 389 g/mol. The molecule has 2 amide bonds. The Morgan fingerprint density at radius 3 is 2.59 bits per heavy atom. The summed E-state index contributed by atoms with van der Waals surface area (Å²) < 4.78 is 11.0. The Morgan fingerprint density at radius 2 is 1.93 bits per heavy atom. The number of anilines is 1. The lowest BCUT2D eigenvalue weighted by Gasteiger charge is -2.31. The summed E-state index contributed by atoms with van der Waals surface area (Å²) in [6.07, 6.45) is 1.80. The van der Waals surface area contributed by atoms with Gasteiger partial charge in [0.15, 0.2) is 6.61 Å². The molecule has 2 N–H and O–H groups in total. The largest absolute Gasteiger partial charge is 0.495 e. The van der Waals surface area contributed by atoms with Crippen molar-refractivity contribution in [2.45, 2.75) is 19.3 Å². The zero-order valence-electron chi connectivity index (χ0n) is 15.0. The Kier molecular flexibility index (Phi) is 5.86. The van der Waals surface area contributed by atoms with E-state index in [0.717, 1.165) is 29.7 Å². The number of benzene rings is 2. The van der Waals surface area contributed by atoms with Crippen molar-refractivity contribution in [3.8, 4) is 11.5 Å². The fourth-order valence-corrected chi connectivity index (χ4v) is 3.44.